The number of amides is 3. The molecule has 2 aromatic carbocycles. The molecule has 3 amide bonds. The maximum Gasteiger partial charge on any atom is 0.446 e. The number of carbonyl (C=O) groups excluding carboxylic acids is 2. The first kappa shape index (κ1) is 24.3. The van der Waals surface area contributed by atoms with Crippen LogP contribution in [0.3, 0.4) is 0 Å². The average Bonchev–Trinajstić information content (AvgIpc) is 2.84. The summed E-state index contributed by atoms with van der Waals surface area (Å²) in [6, 6.07) is 13.9. The number of alkyl halides is 3. The molecule has 4 rings (SSSR count). The average molecular weight is 503 g/mol. The Bertz CT molecular complexity index is 1200. The number of aromatic nitrogens is 2. The SMILES string of the molecule is NC(=O)N1CCN(C(=O)c2ccc(Nc3nccc(-c4ccc(SC(F)(F)F)cc4)n3)cc2)CC1. The summed E-state index contributed by atoms with van der Waals surface area (Å²) in [4.78, 5) is 35.9. The molecule has 0 atom stereocenters. The van der Waals surface area contributed by atoms with Crippen molar-refractivity contribution >= 4 is 35.3 Å². The third-order valence-electron chi connectivity index (χ3n) is 5.31. The molecule has 0 radical (unpaired) electrons. The van der Waals surface area contributed by atoms with Gasteiger partial charge in [0.1, 0.15) is 0 Å². The van der Waals surface area contributed by atoms with Gasteiger partial charge in [-0.2, -0.15) is 13.2 Å². The molecule has 1 fully saturated rings. The highest BCUT2D eigenvalue weighted by Crippen LogP contribution is 2.37. The number of hydrogen-bond acceptors (Lipinski definition) is 6. The third-order valence-corrected chi connectivity index (χ3v) is 6.05. The van der Waals surface area contributed by atoms with E-state index in [0.717, 1.165) is 0 Å². The summed E-state index contributed by atoms with van der Waals surface area (Å²) in [5, 5.41) is 3.06. The van der Waals surface area contributed by atoms with Crippen molar-refractivity contribution in [2.24, 2.45) is 5.73 Å². The molecule has 12 heteroatoms. The van der Waals surface area contributed by atoms with Gasteiger partial charge >= 0.3 is 11.5 Å². The van der Waals surface area contributed by atoms with Gasteiger partial charge in [-0.05, 0) is 54.2 Å². The van der Waals surface area contributed by atoms with Crippen LogP contribution in [0.1, 0.15) is 10.4 Å². The molecule has 1 saturated heterocycles. The highest BCUT2D eigenvalue weighted by molar-refractivity contribution is 8.00. The van der Waals surface area contributed by atoms with Gasteiger partial charge < -0.3 is 20.9 Å². The number of anilines is 2. The first-order valence-corrected chi connectivity index (χ1v) is 11.4. The molecule has 0 aliphatic carbocycles. The number of rotatable bonds is 5. The van der Waals surface area contributed by atoms with Crippen LogP contribution < -0.4 is 11.1 Å². The Hall–Kier alpha value is -3.80. The Kier molecular flexibility index (Phi) is 7.10. The number of nitrogens with one attached hydrogen (secondary N) is 1. The first-order valence-electron chi connectivity index (χ1n) is 10.6. The number of thioether (sulfide) groups is 1. The lowest BCUT2D eigenvalue weighted by molar-refractivity contribution is -0.0328. The quantitative estimate of drug-likeness (QED) is 0.503. The molecule has 1 aliphatic heterocycles. The highest BCUT2D eigenvalue weighted by Gasteiger charge is 2.29. The summed E-state index contributed by atoms with van der Waals surface area (Å²) >= 11 is -0.170. The molecule has 0 unspecified atom stereocenters. The summed E-state index contributed by atoms with van der Waals surface area (Å²) in [5.41, 5.74) is 3.31. The smallest absolute Gasteiger partial charge is 0.351 e. The van der Waals surface area contributed by atoms with Crippen molar-refractivity contribution in [1.82, 2.24) is 19.8 Å². The summed E-state index contributed by atoms with van der Waals surface area (Å²) in [6.45, 7) is 1.63. The standard InChI is InChI=1S/C23H21F3N6O2S/c24-23(25,26)35-18-7-3-15(4-8-18)19-9-10-28-22(30-19)29-17-5-1-16(2-6-17)20(33)31-11-13-32(14-12-31)21(27)34/h1-10H,11-14H2,(H2,27,34)(H,28,29,30). The van der Waals surface area contributed by atoms with Crippen LogP contribution in [-0.4, -0.2) is 63.4 Å². The minimum absolute atomic E-state index is 0.0954. The van der Waals surface area contributed by atoms with E-state index in [1.165, 1.54) is 17.0 Å². The maximum absolute atomic E-state index is 12.7. The molecule has 182 valence electrons. The molecular weight excluding hydrogens is 481 g/mol. The van der Waals surface area contributed by atoms with Crippen LogP contribution in [0.4, 0.5) is 29.6 Å². The molecule has 3 aromatic rings. The minimum atomic E-state index is -4.34. The fourth-order valence-corrected chi connectivity index (χ4v) is 4.08. The summed E-state index contributed by atoms with van der Waals surface area (Å²) in [6.07, 6.45) is 1.55. The molecule has 0 spiro atoms. The Morgan fingerprint density at radius 1 is 0.914 bits per heavy atom. The lowest BCUT2D eigenvalue weighted by atomic mass is 10.1. The Morgan fingerprint density at radius 3 is 2.14 bits per heavy atom. The van der Waals surface area contributed by atoms with Crippen LogP contribution in [-0.2, 0) is 0 Å². The van der Waals surface area contributed by atoms with Gasteiger partial charge in [0.25, 0.3) is 5.91 Å². The normalized spacial score (nSPS) is 14.0. The van der Waals surface area contributed by atoms with Crippen molar-refractivity contribution in [3.63, 3.8) is 0 Å². The van der Waals surface area contributed by atoms with Gasteiger partial charge in [0, 0.05) is 54.1 Å². The molecular formula is C23H21F3N6O2S. The summed E-state index contributed by atoms with van der Waals surface area (Å²) < 4.78 is 37.6. The predicted octanol–water partition coefficient (Wildman–Crippen LogP) is 4.34. The van der Waals surface area contributed by atoms with Crippen LogP contribution in [0, 0.1) is 0 Å². The van der Waals surface area contributed by atoms with Gasteiger partial charge in [0.2, 0.25) is 5.95 Å². The molecule has 0 saturated carbocycles. The first-order chi connectivity index (χ1) is 16.7. The number of benzene rings is 2. The highest BCUT2D eigenvalue weighted by atomic mass is 32.2. The maximum atomic E-state index is 12.7. The molecule has 35 heavy (non-hydrogen) atoms. The topological polar surface area (TPSA) is 104 Å². The van der Waals surface area contributed by atoms with Crippen molar-refractivity contribution < 1.29 is 22.8 Å². The number of carbonyl (C=O) groups is 2. The van der Waals surface area contributed by atoms with Crippen molar-refractivity contribution in [1.29, 1.82) is 0 Å². The minimum Gasteiger partial charge on any atom is -0.351 e. The zero-order valence-corrected chi connectivity index (χ0v) is 19.1. The number of piperazine rings is 1. The van der Waals surface area contributed by atoms with Crippen LogP contribution in [0.15, 0.2) is 65.7 Å². The summed E-state index contributed by atoms with van der Waals surface area (Å²) in [5.74, 6) is 0.170. The lowest BCUT2D eigenvalue weighted by Crippen LogP contribution is -2.52. The van der Waals surface area contributed by atoms with Crippen molar-refractivity contribution in [3.8, 4) is 11.3 Å². The van der Waals surface area contributed by atoms with Gasteiger partial charge in [-0.15, -0.1) is 0 Å². The van der Waals surface area contributed by atoms with E-state index in [0.29, 0.717) is 54.6 Å². The Balaban J connectivity index is 1.39. The van der Waals surface area contributed by atoms with E-state index in [2.05, 4.69) is 15.3 Å². The Morgan fingerprint density at radius 2 is 1.54 bits per heavy atom. The van der Waals surface area contributed by atoms with E-state index in [1.807, 2.05) is 0 Å². The number of halogens is 3. The number of nitrogens with zero attached hydrogens (tertiary/aromatic N) is 4. The zero-order chi connectivity index (χ0) is 25.0. The molecule has 3 N–H and O–H groups in total. The van der Waals surface area contributed by atoms with E-state index < -0.39 is 11.5 Å². The molecule has 2 heterocycles. The third kappa shape index (κ3) is 6.41. The van der Waals surface area contributed by atoms with Crippen LogP contribution >= 0.6 is 11.8 Å². The lowest BCUT2D eigenvalue weighted by Gasteiger charge is -2.33. The van der Waals surface area contributed by atoms with Crippen LogP contribution in [0.25, 0.3) is 11.3 Å². The van der Waals surface area contributed by atoms with Crippen molar-refractivity contribution in [3.05, 3.63) is 66.4 Å². The summed E-state index contributed by atoms with van der Waals surface area (Å²) in [7, 11) is 0. The number of nitrogens with two attached hydrogens (primary N) is 1. The van der Waals surface area contributed by atoms with Gasteiger partial charge in [0.15, 0.2) is 0 Å². The van der Waals surface area contributed by atoms with E-state index in [9.17, 15) is 22.8 Å². The Labute approximate surface area is 203 Å². The van der Waals surface area contributed by atoms with E-state index in [-0.39, 0.29) is 22.6 Å². The van der Waals surface area contributed by atoms with Gasteiger partial charge in [-0.25, -0.2) is 14.8 Å². The zero-order valence-electron chi connectivity index (χ0n) is 18.3. The van der Waals surface area contributed by atoms with E-state index in [1.54, 1.807) is 53.6 Å². The monoisotopic (exact) mass is 502 g/mol. The van der Waals surface area contributed by atoms with E-state index in [4.69, 9.17) is 5.73 Å². The number of primary amides is 1. The largest absolute Gasteiger partial charge is 0.446 e. The predicted molar refractivity (Wildman–Crippen MR) is 126 cm³/mol. The molecule has 1 aromatic heterocycles. The fraction of sp³-hybridized carbons (Fsp3) is 0.217. The second-order valence-electron chi connectivity index (χ2n) is 7.66. The fourth-order valence-electron chi connectivity index (χ4n) is 3.54. The van der Waals surface area contributed by atoms with Crippen molar-refractivity contribution in [2.45, 2.75) is 10.4 Å². The van der Waals surface area contributed by atoms with Crippen LogP contribution in [0.2, 0.25) is 0 Å². The second kappa shape index (κ2) is 10.2. The second-order valence-corrected chi connectivity index (χ2v) is 8.80. The number of urea groups is 1. The van der Waals surface area contributed by atoms with Crippen LogP contribution in [0.5, 0.6) is 0 Å². The molecule has 1 aliphatic rings. The molecule has 8 nitrogen and oxygen atoms in total. The van der Waals surface area contributed by atoms with Gasteiger partial charge in [0.05, 0.1) is 5.69 Å². The van der Waals surface area contributed by atoms with Crippen molar-refractivity contribution in [2.75, 3.05) is 31.5 Å². The van der Waals surface area contributed by atoms with Gasteiger partial charge in [-0.3, -0.25) is 4.79 Å². The molecule has 0 bridgehead atoms. The van der Waals surface area contributed by atoms with Gasteiger partial charge in [-0.1, -0.05) is 12.1 Å². The van der Waals surface area contributed by atoms with E-state index >= 15 is 0 Å². The number of hydrogen-bond donors (Lipinski definition) is 2.